The van der Waals surface area contributed by atoms with Gasteiger partial charge in [0.25, 0.3) is 5.91 Å². The Morgan fingerprint density at radius 1 is 1.07 bits per heavy atom. The van der Waals surface area contributed by atoms with Crippen molar-refractivity contribution in [3.8, 4) is 0 Å². The van der Waals surface area contributed by atoms with E-state index < -0.39 is 5.54 Å². The van der Waals surface area contributed by atoms with Gasteiger partial charge in [-0.15, -0.1) is 0 Å². The van der Waals surface area contributed by atoms with Crippen LogP contribution in [0.2, 0.25) is 0 Å². The molecule has 2 aliphatic rings. The minimum atomic E-state index is -0.805. The average molecular weight is 383 g/mol. The molecule has 1 aromatic carbocycles. The molecule has 2 aliphatic carbocycles. The first kappa shape index (κ1) is 20.1. The Hall–Kier alpha value is -2.63. The van der Waals surface area contributed by atoms with Crippen molar-refractivity contribution in [2.75, 3.05) is 6.54 Å². The maximum absolute atomic E-state index is 12.5. The maximum atomic E-state index is 12.5. The normalized spacial score (nSPS) is 18.5. The van der Waals surface area contributed by atoms with E-state index in [4.69, 9.17) is 0 Å². The molecule has 6 nitrogen and oxygen atoms in total. The van der Waals surface area contributed by atoms with Gasteiger partial charge in [0.2, 0.25) is 11.8 Å². The number of carbonyl (C=O) groups excluding carboxylic acids is 3. The van der Waals surface area contributed by atoms with E-state index in [1.165, 1.54) is 6.08 Å². The third-order valence-electron chi connectivity index (χ3n) is 5.35. The molecule has 2 fully saturated rings. The van der Waals surface area contributed by atoms with Crippen LogP contribution in [0.3, 0.4) is 0 Å². The molecule has 3 amide bonds. The topological polar surface area (TPSA) is 87.3 Å². The summed E-state index contributed by atoms with van der Waals surface area (Å²) in [7, 11) is 0. The van der Waals surface area contributed by atoms with Crippen LogP contribution in [0.1, 0.15) is 67.8 Å². The summed E-state index contributed by atoms with van der Waals surface area (Å²) in [6, 6.07) is 7.46. The predicted octanol–water partition coefficient (Wildman–Crippen LogP) is 2.55. The molecule has 1 aromatic rings. The Labute approximate surface area is 166 Å². The molecular formula is C22H29N3O3. The number of hydrogen-bond donors (Lipinski definition) is 3. The first-order chi connectivity index (χ1) is 13.5. The van der Waals surface area contributed by atoms with Gasteiger partial charge in [-0.3, -0.25) is 14.4 Å². The van der Waals surface area contributed by atoms with Gasteiger partial charge < -0.3 is 16.0 Å². The molecule has 0 bridgehead atoms. The molecule has 0 radical (unpaired) electrons. The molecule has 150 valence electrons. The van der Waals surface area contributed by atoms with Gasteiger partial charge >= 0.3 is 0 Å². The van der Waals surface area contributed by atoms with Gasteiger partial charge in [0.1, 0.15) is 5.54 Å². The summed E-state index contributed by atoms with van der Waals surface area (Å²) in [4.78, 5) is 37.0. The van der Waals surface area contributed by atoms with Gasteiger partial charge in [-0.25, -0.2) is 0 Å². The zero-order valence-electron chi connectivity index (χ0n) is 16.4. The van der Waals surface area contributed by atoms with Crippen LogP contribution in [-0.4, -0.2) is 35.8 Å². The van der Waals surface area contributed by atoms with Crippen LogP contribution >= 0.6 is 0 Å². The van der Waals surface area contributed by atoms with Gasteiger partial charge in [0.15, 0.2) is 0 Å². The molecule has 3 N–H and O–H groups in total. The molecule has 3 rings (SSSR count). The van der Waals surface area contributed by atoms with Gasteiger partial charge in [0.05, 0.1) is 0 Å². The van der Waals surface area contributed by atoms with Crippen LogP contribution < -0.4 is 16.0 Å². The number of nitrogens with one attached hydrogen (secondary N) is 3. The standard InChI is InChI=1S/C22H29N3O3/c1-2-23-21(28)22(14-4-3-5-15-22)25-19(26)13-8-16-6-9-17(10-7-16)20(27)24-18-11-12-18/h6-10,13,18H,2-5,11-12,14-15H2,1H3,(H,23,28)(H,24,27)(H,25,26)/b13-8+. The molecule has 0 atom stereocenters. The highest BCUT2D eigenvalue weighted by Gasteiger charge is 2.40. The van der Waals surface area contributed by atoms with E-state index >= 15 is 0 Å². The van der Waals surface area contributed by atoms with Crippen molar-refractivity contribution in [3.05, 3.63) is 41.5 Å². The first-order valence-electron chi connectivity index (χ1n) is 10.2. The molecule has 0 unspecified atom stereocenters. The molecular weight excluding hydrogens is 354 g/mol. The molecule has 2 saturated carbocycles. The number of amides is 3. The van der Waals surface area contributed by atoms with Crippen molar-refractivity contribution in [2.24, 2.45) is 0 Å². The van der Waals surface area contributed by atoms with Crippen molar-refractivity contribution < 1.29 is 14.4 Å². The summed E-state index contributed by atoms with van der Waals surface area (Å²) in [6.07, 6.45) is 9.57. The number of rotatable bonds is 7. The van der Waals surface area contributed by atoms with Crippen molar-refractivity contribution in [3.63, 3.8) is 0 Å². The van der Waals surface area contributed by atoms with Crippen LogP contribution in [0.5, 0.6) is 0 Å². The molecule has 0 aliphatic heterocycles. The molecule has 6 heteroatoms. The second-order valence-electron chi connectivity index (χ2n) is 7.69. The van der Waals surface area contributed by atoms with Crippen LogP contribution in [-0.2, 0) is 9.59 Å². The summed E-state index contributed by atoms with van der Waals surface area (Å²) in [6.45, 7) is 2.43. The van der Waals surface area contributed by atoms with E-state index in [1.807, 2.05) is 19.1 Å². The predicted molar refractivity (Wildman–Crippen MR) is 109 cm³/mol. The summed E-state index contributed by atoms with van der Waals surface area (Å²) >= 11 is 0. The second kappa shape index (κ2) is 9.04. The number of carbonyl (C=O) groups is 3. The highest BCUT2D eigenvalue weighted by molar-refractivity contribution is 5.98. The highest BCUT2D eigenvalue weighted by atomic mass is 16.2. The third-order valence-corrected chi connectivity index (χ3v) is 5.35. The summed E-state index contributed by atoms with van der Waals surface area (Å²) in [5.41, 5.74) is 0.639. The van der Waals surface area contributed by atoms with Gasteiger partial charge in [-0.05, 0) is 56.4 Å². The number of likely N-dealkylation sites (N-methyl/N-ethyl adjacent to an activating group) is 1. The lowest BCUT2D eigenvalue weighted by molar-refractivity contribution is -0.133. The fraction of sp³-hybridized carbons (Fsp3) is 0.500. The second-order valence-corrected chi connectivity index (χ2v) is 7.69. The average Bonchev–Trinajstić information content (AvgIpc) is 3.51. The molecule has 0 saturated heterocycles. The monoisotopic (exact) mass is 383 g/mol. The fourth-order valence-electron chi connectivity index (χ4n) is 3.59. The lowest BCUT2D eigenvalue weighted by Gasteiger charge is -2.36. The Morgan fingerprint density at radius 3 is 2.36 bits per heavy atom. The Morgan fingerprint density at radius 2 is 1.75 bits per heavy atom. The SMILES string of the molecule is CCNC(=O)C1(NC(=O)/C=C/c2ccc(C(=O)NC3CC3)cc2)CCCCC1. The van der Waals surface area contributed by atoms with Crippen LogP contribution in [0.4, 0.5) is 0 Å². The van der Waals surface area contributed by atoms with Crippen molar-refractivity contribution in [1.29, 1.82) is 0 Å². The Balaban J connectivity index is 1.60. The van der Waals surface area contributed by atoms with E-state index in [9.17, 15) is 14.4 Å². The zero-order chi connectivity index (χ0) is 20.0. The van der Waals surface area contributed by atoms with E-state index in [2.05, 4.69) is 16.0 Å². The minimum Gasteiger partial charge on any atom is -0.354 e. The van der Waals surface area contributed by atoms with E-state index in [0.717, 1.165) is 37.7 Å². The number of benzene rings is 1. The van der Waals surface area contributed by atoms with Crippen LogP contribution in [0.15, 0.2) is 30.3 Å². The summed E-state index contributed by atoms with van der Waals surface area (Å²) in [5.74, 6) is -0.428. The highest BCUT2D eigenvalue weighted by Crippen LogP contribution is 2.28. The van der Waals surface area contributed by atoms with E-state index in [1.54, 1.807) is 18.2 Å². The molecule has 0 heterocycles. The van der Waals surface area contributed by atoms with Gasteiger partial charge in [0, 0.05) is 24.2 Å². The smallest absolute Gasteiger partial charge is 0.251 e. The van der Waals surface area contributed by atoms with E-state index in [0.29, 0.717) is 31.0 Å². The lowest BCUT2D eigenvalue weighted by Crippen LogP contribution is -2.59. The Bertz CT molecular complexity index is 745. The molecule has 28 heavy (non-hydrogen) atoms. The third kappa shape index (κ3) is 5.21. The number of hydrogen-bond acceptors (Lipinski definition) is 3. The minimum absolute atomic E-state index is 0.0584. The van der Waals surface area contributed by atoms with Crippen molar-refractivity contribution in [1.82, 2.24) is 16.0 Å². The molecule has 0 aromatic heterocycles. The quantitative estimate of drug-likeness (QED) is 0.633. The zero-order valence-corrected chi connectivity index (χ0v) is 16.4. The largest absolute Gasteiger partial charge is 0.354 e. The molecule has 0 spiro atoms. The fourth-order valence-corrected chi connectivity index (χ4v) is 3.59. The van der Waals surface area contributed by atoms with Crippen LogP contribution in [0, 0.1) is 0 Å². The Kier molecular flexibility index (Phi) is 6.49. The van der Waals surface area contributed by atoms with Crippen LogP contribution in [0.25, 0.3) is 6.08 Å². The van der Waals surface area contributed by atoms with Crippen molar-refractivity contribution >= 4 is 23.8 Å². The van der Waals surface area contributed by atoms with E-state index in [-0.39, 0.29) is 17.7 Å². The first-order valence-corrected chi connectivity index (χ1v) is 10.2. The van der Waals surface area contributed by atoms with Crippen molar-refractivity contribution in [2.45, 2.75) is 63.5 Å². The van der Waals surface area contributed by atoms with Gasteiger partial charge in [-0.2, -0.15) is 0 Å². The lowest BCUT2D eigenvalue weighted by atomic mass is 9.80. The summed E-state index contributed by atoms with van der Waals surface area (Å²) in [5, 5.41) is 8.75. The summed E-state index contributed by atoms with van der Waals surface area (Å²) < 4.78 is 0. The van der Waals surface area contributed by atoms with Gasteiger partial charge in [-0.1, -0.05) is 31.4 Å². The maximum Gasteiger partial charge on any atom is 0.251 e.